The summed E-state index contributed by atoms with van der Waals surface area (Å²) in [5.41, 5.74) is 6.78. The molecule has 0 bridgehead atoms. The number of piperidine rings is 1. The Balaban J connectivity index is 1.26. The van der Waals surface area contributed by atoms with Crippen molar-refractivity contribution in [2.45, 2.75) is 31.7 Å². The highest BCUT2D eigenvalue weighted by Gasteiger charge is 2.19. The number of rotatable bonds is 6. The van der Waals surface area contributed by atoms with Crippen LogP contribution in [0.5, 0.6) is 0 Å². The van der Waals surface area contributed by atoms with Crippen LogP contribution in [0.2, 0.25) is 0 Å². The Hall–Kier alpha value is -3.77. The first kappa shape index (κ1) is 21.7. The summed E-state index contributed by atoms with van der Waals surface area (Å²) < 4.78 is 17.0. The lowest BCUT2D eigenvalue weighted by Crippen LogP contribution is -2.27. The Morgan fingerprint density at radius 2 is 1.80 bits per heavy atom. The number of hydrogen-bond donors (Lipinski definition) is 2. The Kier molecular flexibility index (Phi) is 5.88. The monoisotopic (exact) mass is 465 g/mol. The second kappa shape index (κ2) is 9.47. The van der Waals surface area contributed by atoms with Gasteiger partial charge < -0.3 is 10.3 Å². The van der Waals surface area contributed by atoms with Gasteiger partial charge in [-0.2, -0.15) is 5.10 Å². The zero-order valence-corrected chi connectivity index (χ0v) is 19.5. The fourth-order valence-corrected chi connectivity index (χ4v) is 5.08. The number of benzene rings is 2. The van der Waals surface area contributed by atoms with E-state index in [1.807, 2.05) is 41.5 Å². The van der Waals surface area contributed by atoms with Gasteiger partial charge in [0.1, 0.15) is 11.5 Å². The smallest absolute Gasteiger partial charge is 0.137 e. The van der Waals surface area contributed by atoms with E-state index >= 15 is 4.39 Å². The molecule has 35 heavy (non-hydrogen) atoms. The summed E-state index contributed by atoms with van der Waals surface area (Å²) in [6.45, 7) is 2.72. The van der Waals surface area contributed by atoms with Gasteiger partial charge in [0.15, 0.2) is 0 Å². The first-order valence-corrected chi connectivity index (χ1v) is 12.3. The van der Waals surface area contributed by atoms with Crippen molar-refractivity contribution in [1.29, 1.82) is 0 Å². The maximum atomic E-state index is 15.1. The molecule has 1 aliphatic heterocycles. The summed E-state index contributed by atoms with van der Waals surface area (Å²) in [5, 5.41) is 8.93. The molecule has 6 rings (SSSR count). The molecule has 0 saturated carbocycles. The Bertz CT molecular complexity index is 1450. The molecule has 5 nitrogen and oxygen atoms in total. The van der Waals surface area contributed by atoms with Crippen molar-refractivity contribution in [3.8, 4) is 22.3 Å². The minimum Gasteiger partial charge on any atom is -0.346 e. The average Bonchev–Trinajstić information content (AvgIpc) is 3.55. The van der Waals surface area contributed by atoms with Crippen LogP contribution in [0, 0.1) is 5.82 Å². The molecular weight excluding hydrogens is 437 g/mol. The van der Waals surface area contributed by atoms with Crippen LogP contribution in [0.3, 0.4) is 0 Å². The molecule has 0 radical (unpaired) electrons. The fourth-order valence-electron chi connectivity index (χ4n) is 5.08. The normalized spacial score (nSPS) is 14.5. The molecule has 2 N–H and O–H groups in total. The summed E-state index contributed by atoms with van der Waals surface area (Å²) in [5.74, 6) is 0.170. The zero-order chi connectivity index (χ0) is 23.6. The Morgan fingerprint density at radius 1 is 0.943 bits per heavy atom. The van der Waals surface area contributed by atoms with Crippen molar-refractivity contribution in [3.05, 3.63) is 96.3 Å². The van der Waals surface area contributed by atoms with Gasteiger partial charge in [-0.15, -0.1) is 0 Å². The van der Waals surface area contributed by atoms with E-state index in [9.17, 15) is 0 Å². The van der Waals surface area contributed by atoms with Gasteiger partial charge in [-0.05, 0) is 67.1 Å². The molecular formula is C29H28FN5. The van der Waals surface area contributed by atoms with E-state index in [0.717, 1.165) is 77.7 Å². The standard InChI is InChI=1S/C29H28FN5/c30-28-15-22(6-7-25(28)21-8-11-31-12-9-21)23-14-26-27(18-33-29(26)32-16-23)24-17-34-35(19-24)13-10-20-4-2-1-3-5-20/h1-7,14-19,21,31H,8-13H2,(H,32,33). The highest BCUT2D eigenvalue weighted by atomic mass is 19.1. The summed E-state index contributed by atoms with van der Waals surface area (Å²) in [4.78, 5) is 7.88. The van der Waals surface area contributed by atoms with Crippen molar-refractivity contribution >= 4 is 11.0 Å². The van der Waals surface area contributed by atoms with E-state index in [2.05, 4.69) is 56.9 Å². The highest BCUT2D eigenvalue weighted by Crippen LogP contribution is 2.33. The number of pyridine rings is 1. The van der Waals surface area contributed by atoms with Gasteiger partial charge in [0, 0.05) is 47.2 Å². The third-order valence-corrected chi connectivity index (χ3v) is 7.06. The van der Waals surface area contributed by atoms with E-state index in [1.165, 1.54) is 5.56 Å². The van der Waals surface area contributed by atoms with Gasteiger partial charge in [0.2, 0.25) is 0 Å². The Morgan fingerprint density at radius 3 is 2.63 bits per heavy atom. The third kappa shape index (κ3) is 4.49. The van der Waals surface area contributed by atoms with Crippen molar-refractivity contribution in [3.63, 3.8) is 0 Å². The lowest BCUT2D eigenvalue weighted by molar-refractivity contribution is 0.445. The van der Waals surface area contributed by atoms with Gasteiger partial charge in [-0.1, -0.05) is 42.5 Å². The number of hydrogen-bond acceptors (Lipinski definition) is 3. The lowest BCUT2D eigenvalue weighted by Gasteiger charge is -2.23. The maximum absolute atomic E-state index is 15.1. The second-order valence-electron chi connectivity index (χ2n) is 9.31. The number of halogens is 1. The molecule has 1 fully saturated rings. The zero-order valence-electron chi connectivity index (χ0n) is 19.5. The maximum Gasteiger partial charge on any atom is 0.137 e. The average molecular weight is 466 g/mol. The molecule has 3 aromatic heterocycles. The van der Waals surface area contributed by atoms with Gasteiger partial charge in [-0.25, -0.2) is 9.37 Å². The molecule has 0 unspecified atom stereocenters. The lowest BCUT2D eigenvalue weighted by atomic mass is 9.89. The molecule has 1 aliphatic rings. The van der Waals surface area contributed by atoms with Crippen LogP contribution in [-0.2, 0) is 13.0 Å². The molecule has 1 saturated heterocycles. The van der Waals surface area contributed by atoms with Gasteiger partial charge in [0.25, 0.3) is 0 Å². The summed E-state index contributed by atoms with van der Waals surface area (Å²) in [7, 11) is 0. The highest BCUT2D eigenvalue weighted by molar-refractivity contribution is 5.95. The van der Waals surface area contributed by atoms with Crippen LogP contribution in [0.4, 0.5) is 4.39 Å². The van der Waals surface area contributed by atoms with Crippen LogP contribution in [0.1, 0.15) is 29.9 Å². The molecule has 2 aromatic carbocycles. The predicted molar refractivity (Wildman–Crippen MR) is 138 cm³/mol. The molecule has 4 heterocycles. The Labute approximate surface area is 204 Å². The van der Waals surface area contributed by atoms with Crippen molar-refractivity contribution in [2.24, 2.45) is 0 Å². The quantitative estimate of drug-likeness (QED) is 0.326. The number of aromatic amines is 1. The minimum atomic E-state index is -0.122. The van der Waals surface area contributed by atoms with E-state index in [0.29, 0.717) is 5.92 Å². The summed E-state index contributed by atoms with van der Waals surface area (Å²) in [6, 6.07) is 18.2. The number of aromatic nitrogens is 4. The number of nitrogens with one attached hydrogen (secondary N) is 2. The second-order valence-corrected chi connectivity index (χ2v) is 9.31. The predicted octanol–water partition coefficient (Wildman–Crippen LogP) is 5.94. The largest absolute Gasteiger partial charge is 0.346 e. The molecule has 0 spiro atoms. The number of aryl methyl sites for hydroxylation is 2. The summed E-state index contributed by atoms with van der Waals surface area (Å²) in [6.07, 6.45) is 10.6. The summed E-state index contributed by atoms with van der Waals surface area (Å²) >= 11 is 0. The fraction of sp³-hybridized carbons (Fsp3) is 0.241. The van der Waals surface area contributed by atoms with Crippen LogP contribution in [0.15, 0.2) is 79.4 Å². The SMILES string of the molecule is Fc1cc(-c2cnc3[nH]cc(-c4cnn(CCc5ccccc5)c4)c3c2)ccc1C1CCNCC1. The number of H-pyrrole nitrogens is 1. The first-order valence-electron chi connectivity index (χ1n) is 12.3. The van der Waals surface area contributed by atoms with Crippen molar-refractivity contribution in [2.75, 3.05) is 13.1 Å². The van der Waals surface area contributed by atoms with Crippen LogP contribution in [0.25, 0.3) is 33.3 Å². The minimum absolute atomic E-state index is 0.122. The first-order chi connectivity index (χ1) is 17.2. The number of nitrogens with zero attached hydrogens (tertiary/aromatic N) is 3. The molecule has 0 aliphatic carbocycles. The molecule has 6 heteroatoms. The van der Waals surface area contributed by atoms with E-state index in [-0.39, 0.29) is 5.82 Å². The van der Waals surface area contributed by atoms with E-state index in [1.54, 1.807) is 6.07 Å². The molecule has 5 aromatic rings. The molecule has 0 atom stereocenters. The molecule has 176 valence electrons. The van der Waals surface area contributed by atoms with E-state index < -0.39 is 0 Å². The van der Waals surface area contributed by atoms with Gasteiger partial charge in [-0.3, -0.25) is 4.68 Å². The van der Waals surface area contributed by atoms with Crippen molar-refractivity contribution < 1.29 is 4.39 Å². The third-order valence-electron chi connectivity index (χ3n) is 7.06. The molecule has 0 amide bonds. The van der Waals surface area contributed by atoms with Crippen molar-refractivity contribution in [1.82, 2.24) is 25.1 Å². The van der Waals surface area contributed by atoms with Gasteiger partial charge in [0.05, 0.1) is 6.20 Å². The number of fused-ring (bicyclic) bond motifs is 1. The van der Waals surface area contributed by atoms with Crippen LogP contribution < -0.4 is 5.32 Å². The van der Waals surface area contributed by atoms with Gasteiger partial charge >= 0.3 is 0 Å². The topological polar surface area (TPSA) is 58.5 Å². The van der Waals surface area contributed by atoms with E-state index in [4.69, 9.17) is 0 Å². The van der Waals surface area contributed by atoms with Crippen LogP contribution in [-0.4, -0.2) is 32.8 Å². The van der Waals surface area contributed by atoms with Crippen LogP contribution >= 0.6 is 0 Å².